The molecule has 8 unspecified atom stereocenters. The van der Waals surface area contributed by atoms with Crippen molar-refractivity contribution in [3.63, 3.8) is 0 Å². The molecule has 8 atom stereocenters. The van der Waals surface area contributed by atoms with Crippen molar-refractivity contribution in [3.8, 4) is 5.75 Å². The largest absolute Gasteiger partial charge is 0.490 e. The summed E-state index contributed by atoms with van der Waals surface area (Å²) in [5.41, 5.74) is 5.99. The van der Waals surface area contributed by atoms with E-state index in [1.54, 1.807) is 5.57 Å². The first-order chi connectivity index (χ1) is 24.4. The van der Waals surface area contributed by atoms with E-state index in [-0.39, 0.29) is 6.10 Å². The van der Waals surface area contributed by atoms with Gasteiger partial charge in [-0.3, -0.25) is 19.8 Å². The van der Waals surface area contributed by atoms with Crippen molar-refractivity contribution in [1.82, 2.24) is 19.8 Å². The number of hydrogen-bond acceptors (Lipinski definition) is 6. The number of nitrogens with zero attached hydrogens (tertiary/aromatic N) is 5. The van der Waals surface area contributed by atoms with Crippen LogP contribution in [0.5, 0.6) is 5.75 Å². The van der Waals surface area contributed by atoms with Gasteiger partial charge in [-0.2, -0.15) is 0 Å². The van der Waals surface area contributed by atoms with Gasteiger partial charge < -0.3 is 9.64 Å². The first-order valence-electron chi connectivity index (χ1n) is 20.7. The summed E-state index contributed by atoms with van der Waals surface area (Å²) in [4.78, 5) is 16.1. The van der Waals surface area contributed by atoms with Gasteiger partial charge in [-0.25, -0.2) is 0 Å². The highest BCUT2D eigenvalue weighted by Crippen LogP contribution is 2.67. The van der Waals surface area contributed by atoms with Crippen molar-refractivity contribution in [3.05, 3.63) is 59.7 Å². The summed E-state index contributed by atoms with van der Waals surface area (Å²) < 4.78 is 6.75. The van der Waals surface area contributed by atoms with Crippen LogP contribution in [0, 0.1) is 46.3 Å². The number of ether oxygens (including phenoxy) is 1. The second kappa shape index (κ2) is 16.3. The summed E-state index contributed by atoms with van der Waals surface area (Å²) in [6, 6.07) is 8.47. The molecular formula is C45H71N5O. The van der Waals surface area contributed by atoms with E-state index in [1.165, 1.54) is 63.5 Å². The molecule has 2 heterocycles. The smallest absolute Gasteiger partial charge is 0.123 e. The summed E-state index contributed by atoms with van der Waals surface area (Å²) in [6.45, 7) is 16.3. The quantitative estimate of drug-likeness (QED) is 0.173. The van der Waals surface area contributed by atoms with E-state index >= 15 is 0 Å². The Hall–Kier alpha value is -2.44. The summed E-state index contributed by atoms with van der Waals surface area (Å²) in [6.07, 6.45) is 21.7. The Labute approximate surface area is 311 Å². The minimum atomic E-state index is 0.263. The van der Waals surface area contributed by atoms with Crippen LogP contribution in [0.3, 0.4) is 0 Å². The molecule has 6 nitrogen and oxygen atoms in total. The predicted octanol–water partition coefficient (Wildman–Crippen LogP) is 9.90. The fraction of sp³-hybridized carbons (Fsp3) is 0.733. The first kappa shape index (κ1) is 38.3. The number of hydrogen-bond donors (Lipinski definition) is 0. The lowest BCUT2D eigenvalue weighted by molar-refractivity contribution is -0.0559. The van der Waals surface area contributed by atoms with Gasteiger partial charge >= 0.3 is 0 Å². The van der Waals surface area contributed by atoms with Crippen molar-refractivity contribution in [2.24, 2.45) is 46.3 Å². The van der Waals surface area contributed by atoms with Crippen molar-refractivity contribution >= 4 is 5.69 Å². The minimum absolute atomic E-state index is 0.263. The molecule has 0 N–H and O–H groups in total. The van der Waals surface area contributed by atoms with Gasteiger partial charge in [-0.05, 0) is 124 Å². The number of aromatic nitrogens is 2. The Morgan fingerprint density at radius 3 is 2.24 bits per heavy atom. The fourth-order valence-corrected chi connectivity index (χ4v) is 11.4. The minimum Gasteiger partial charge on any atom is -0.490 e. The standard InChI is InChI=1S/C45H71N5O/c1-32(2)11-10-12-33(3)41-15-16-42-40-14-13-34-27-38(17-21-44(34,4)43(40)18-22-45(41,42)5)51-39-20-24-47-36(29-39)31-50(9)26-25-49(8)30-35-28-37(48(6)7)19-23-46-35/h13,19-20,23-24,28-29,32-33,38,40-43H,10-12,14-18,21-22,25-27,30-31H2,1-9H3. The molecule has 3 fully saturated rings. The van der Waals surface area contributed by atoms with Gasteiger partial charge in [0.15, 0.2) is 0 Å². The third kappa shape index (κ3) is 8.69. The number of anilines is 1. The highest BCUT2D eigenvalue weighted by Gasteiger charge is 2.59. The monoisotopic (exact) mass is 698 g/mol. The molecule has 0 bridgehead atoms. The van der Waals surface area contributed by atoms with E-state index in [0.29, 0.717) is 10.8 Å². The lowest BCUT2D eigenvalue weighted by Crippen LogP contribution is -2.51. The third-order valence-electron chi connectivity index (χ3n) is 14.4. The molecule has 0 saturated heterocycles. The molecule has 4 aliphatic rings. The van der Waals surface area contributed by atoms with E-state index in [1.807, 2.05) is 12.4 Å². The van der Waals surface area contributed by atoms with Crippen molar-refractivity contribution < 1.29 is 4.74 Å². The Kier molecular flexibility index (Phi) is 12.2. The molecular weight excluding hydrogens is 627 g/mol. The Morgan fingerprint density at radius 2 is 1.53 bits per heavy atom. The zero-order chi connectivity index (χ0) is 36.3. The first-order valence-corrected chi connectivity index (χ1v) is 20.7. The average Bonchev–Trinajstić information content (AvgIpc) is 3.45. The van der Waals surface area contributed by atoms with Gasteiger partial charge in [-0.1, -0.05) is 65.5 Å². The van der Waals surface area contributed by atoms with E-state index in [9.17, 15) is 0 Å². The van der Waals surface area contributed by atoms with E-state index < -0.39 is 0 Å². The van der Waals surface area contributed by atoms with E-state index in [4.69, 9.17) is 9.72 Å². The molecule has 0 aromatic carbocycles. The molecule has 282 valence electrons. The molecule has 4 aliphatic carbocycles. The average molecular weight is 698 g/mol. The van der Waals surface area contributed by atoms with Crippen LogP contribution in [0.25, 0.3) is 0 Å². The van der Waals surface area contributed by atoms with Gasteiger partial charge in [-0.15, -0.1) is 0 Å². The van der Waals surface area contributed by atoms with Gasteiger partial charge in [0.2, 0.25) is 0 Å². The molecule has 3 saturated carbocycles. The molecule has 2 aromatic rings. The molecule has 2 aromatic heterocycles. The predicted molar refractivity (Wildman–Crippen MR) is 213 cm³/mol. The van der Waals surface area contributed by atoms with Crippen molar-refractivity contribution in [1.29, 1.82) is 0 Å². The summed E-state index contributed by atoms with van der Waals surface area (Å²) >= 11 is 0. The van der Waals surface area contributed by atoms with Crippen LogP contribution in [0.2, 0.25) is 0 Å². The molecule has 51 heavy (non-hydrogen) atoms. The Bertz CT molecular complexity index is 1470. The van der Waals surface area contributed by atoms with Crippen molar-refractivity contribution in [2.75, 3.05) is 46.2 Å². The highest BCUT2D eigenvalue weighted by atomic mass is 16.5. The zero-order valence-corrected chi connectivity index (χ0v) is 33.8. The number of likely N-dealkylation sites (N-methyl/N-ethyl adjacent to an activating group) is 2. The van der Waals surface area contributed by atoms with E-state index in [0.717, 1.165) is 91.7 Å². The zero-order valence-electron chi connectivity index (χ0n) is 33.8. The van der Waals surface area contributed by atoms with Crippen LogP contribution in [0.1, 0.15) is 117 Å². The van der Waals surface area contributed by atoms with Crippen LogP contribution >= 0.6 is 0 Å². The molecule has 0 aliphatic heterocycles. The molecule has 0 spiro atoms. The molecule has 6 rings (SSSR count). The summed E-state index contributed by atoms with van der Waals surface area (Å²) in [5.74, 6) is 6.28. The Balaban J connectivity index is 1.00. The summed E-state index contributed by atoms with van der Waals surface area (Å²) in [5, 5.41) is 0. The normalized spacial score (nSPS) is 30.9. The lowest BCUT2D eigenvalue weighted by Gasteiger charge is -2.58. The maximum atomic E-state index is 6.75. The van der Waals surface area contributed by atoms with Gasteiger partial charge in [0, 0.05) is 70.8 Å². The van der Waals surface area contributed by atoms with Gasteiger partial charge in [0.05, 0.1) is 11.4 Å². The number of rotatable bonds is 15. The van der Waals surface area contributed by atoms with Gasteiger partial charge in [0.25, 0.3) is 0 Å². The van der Waals surface area contributed by atoms with Crippen LogP contribution < -0.4 is 9.64 Å². The highest BCUT2D eigenvalue weighted by molar-refractivity contribution is 5.44. The van der Waals surface area contributed by atoms with Crippen LogP contribution in [0.4, 0.5) is 5.69 Å². The van der Waals surface area contributed by atoms with Crippen molar-refractivity contribution in [2.45, 2.75) is 124 Å². The topological polar surface area (TPSA) is 44.7 Å². The maximum Gasteiger partial charge on any atom is 0.123 e. The number of fused-ring (bicyclic) bond motifs is 5. The maximum absolute atomic E-state index is 6.75. The molecule has 6 heteroatoms. The number of pyridine rings is 2. The van der Waals surface area contributed by atoms with Gasteiger partial charge in [0.1, 0.15) is 11.9 Å². The number of allylic oxidation sites excluding steroid dienone is 1. The summed E-state index contributed by atoms with van der Waals surface area (Å²) in [7, 11) is 8.51. The van der Waals surface area contributed by atoms with E-state index in [2.05, 4.69) is 113 Å². The van der Waals surface area contributed by atoms with Crippen LogP contribution in [-0.4, -0.2) is 67.2 Å². The third-order valence-corrected chi connectivity index (χ3v) is 14.4. The second-order valence-corrected chi connectivity index (χ2v) is 18.6. The van der Waals surface area contributed by atoms with Crippen LogP contribution in [-0.2, 0) is 13.1 Å². The fourth-order valence-electron chi connectivity index (χ4n) is 11.4. The second-order valence-electron chi connectivity index (χ2n) is 18.6. The Morgan fingerprint density at radius 1 is 0.824 bits per heavy atom. The SMILES string of the molecule is CC(C)CCCC(C)C1CCC2C3CC=C4CC(Oc5ccnc(CN(C)CCN(C)Cc6cc(N(C)C)ccn6)c5)CCC4(C)C3CCC12C. The van der Waals surface area contributed by atoms with Crippen LogP contribution in [0.15, 0.2) is 48.3 Å². The molecule has 0 amide bonds. The molecule has 0 radical (unpaired) electrons. The lowest BCUT2D eigenvalue weighted by atomic mass is 9.47.